The molecule has 0 radical (unpaired) electrons. The molecule has 0 aromatic heterocycles. The van der Waals surface area contributed by atoms with Crippen molar-refractivity contribution in [2.24, 2.45) is 4.99 Å². The quantitative estimate of drug-likeness (QED) is 0.655. The second-order valence-corrected chi connectivity index (χ2v) is 4.51. The van der Waals surface area contributed by atoms with Crippen molar-refractivity contribution in [1.82, 2.24) is 0 Å². The molecule has 68 valence electrons. The van der Waals surface area contributed by atoms with E-state index in [1.807, 2.05) is 6.26 Å². The zero-order valence-electron chi connectivity index (χ0n) is 7.08. The first-order valence-corrected chi connectivity index (χ1v) is 6.04. The normalized spacial score (nSPS) is 15.1. The summed E-state index contributed by atoms with van der Waals surface area (Å²) in [7, 11) is 0. The summed E-state index contributed by atoms with van der Waals surface area (Å²) < 4.78 is 12.8. The molecular weight excluding hydrogens is 205 g/mol. The van der Waals surface area contributed by atoms with Gasteiger partial charge in [0.25, 0.3) is 0 Å². The lowest BCUT2D eigenvalue weighted by molar-refractivity contribution is 0.627. The number of nitrogens with zero attached hydrogens (tertiary/aromatic N) is 1. The van der Waals surface area contributed by atoms with Crippen molar-refractivity contribution in [1.29, 1.82) is 0 Å². The van der Waals surface area contributed by atoms with Crippen LogP contribution in [-0.4, -0.2) is 17.1 Å². The van der Waals surface area contributed by atoms with Crippen LogP contribution in [0.1, 0.15) is 0 Å². The van der Waals surface area contributed by atoms with E-state index in [0.29, 0.717) is 0 Å². The zero-order chi connectivity index (χ0) is 9.26. The number of thioether (sulfide) groups is 2. The molecule has 1 aliphatic heterocycles. The molecule has 0 bridgehead atoms. The molecule has 1 heterocycles. The summed E-state index contributed by atoms with van der Waals surface area (Å²) in [6.45, 7) is 0. The van der Waals surface area contributed by atoms with E-state index in [1.54, 1.807) is 29.6 Å². The van der Waals surface area contributed by atoms with Crippen LogP contribution in [-0.2, 0) is 0 Å². The van der Waals surface area contributed by atoms with Gasteiger partial charge in [0.1, 0.15) is 5.82 Å². The number of rotatable bonds is 0. The predicted octanol–water partition coefficient (Wildman–Crippen LogP) is 3.32. The SMILES string of the molecule is CSC1=Nc2cc(F)ccc2SC1. The lowest BCUT2D eigenvalue weighted by Gasteiger charge is -2.12. The van der Waals surface area contributed by atoms with Crippen LogP contribution in [0, 0.1) is 5.82 Å². The van der Waals surface area contributed by atoms with Crippen LogP contribution in [0.25, 0.3) is 0 Å². The minimum atomic E-state index is -0.217. The average Bonchev–Trinajstić information content (AvgIpc) is 2.16. The van der Waals surface area contributed by atoms with Crippen molar-refractivity contribution in [3.63, 3.8) is 0 Å². The molecule has 1 aromatic rings. The molecular formula is C9H8FNS2. The summed E-state index contributed by atoms with van der Waals surface area (Å²) in [5.41, 5.74) is 0.764. The summed E-state index contributed by atoms with van der Waals surface area (Å²) in [5.74, 6) is 0.685. The van der Waals surface area contributed by atoms with Gasteiger partial charge in [-0.3, -0.25) is 0 Å². The van der Waals surface area contributed by atoms with E-state index < -0.39 is 0 Å². The Morgan fingerprint density at radius 1 is 1.54 bits per heavy atom. The maximum absolute atomic E-state index is 12.8. The van der Waals surface area contributed by atoms with Crippen LogP contribution < -0.4 is 0 Å². The lowest BCUT2D eigenvalue weighted by Crippen LogP contribution is -1.99. The molecule has 1 aromatic carbocycles. The van der Waals surface area contributed by atoms with Gasteiger partial charge in [0.05, 0.1) is 10.7 Å². The topological polar surface area (TPSA) is 12.4 Å². The molecule has 0 spiro atoms. The van der Waals surface area contributed by atoms with Crippen LogP contribution in [0.5, 0.6) is 0 Å². The molecule has 0 saturated heterocycles. The Morgan fingerprint density at radius 2 is 2.38 bits per heavy atom. The molecule has 0 aliphatic carbocycles. The number of hydrogen-bond acceptors (Lipinski definition) is 3. The number of hydrogen-bond donors (Lipinski definition) is 0. The van der Waals surface area contributed by atoms with E-state index in [2.05, 4.69) is 4.99 Å². The Bertz CT molecular complexity index is 363. The van der Waals surface area contributed by atoms with Gasteiger partial charge in [-0.1, -0.05) is 0 Å². The Hall–Kier alpha value is -0.480. The third-order valence-corrected chi connectivity index (χ3v) is 3.72. The van der Waals surface area contributed by atoms with Gasteiger partial charge in [-0.05, 0) is 18.4 Å². The fraction of sp³-hybridized carbons (Fsp3) is 0.222. The van der Waals surface area contributed by atoms with Gasteiger partial charge >= 0.3 is 0 Å². The maximum atomic E-state index is 12.8. The van der Waals surface area contributed by atoms with E-state index in [9.17, 15) is 4.39 Å². The van der Waals surface area contributed by atoms with Crippen LogP contribution in [0.3, 0.4) is 0 Å². The highest BCUT2D eigenvalue weighted by molar-refractivity contribution is 8.15. The Kier molecular flexibility index (Phi) is 2.60. The summed E-state index contributed by atoms with van der Waals surface area (Å²) in [5, 5.41) is 1.06. The predicted molar refractivity (Wildman–Crippen MR) is 57.7 cm³/mol. The van der Waals surface area contributed by atoms with Gasteiger partial charge in [-0.2, -0.15) is 0 Å². The number of benzene rings is 1. The minimum absolute atomic E-state index is 0.217. The molecule has 0 fully saturated rings. The largest absolute Gasteiger partial charge is 0.244 e. The number of halogens is 1. The maximum Gasteiger partial charge on any atom is 0.125 e. The van der Waals surface area contributed by atoms with Gasteiger partial charge in [-0.15, -0.1) is 23.5 Å². The molecule has 0 unspecified atom stereocenters. The Morgan fingerprint density at radius 3 is 3.15 bits per heavy atom. The first-order valence-electron chi connectivity index (χ1n) is 3.83. The second-order valence-electron chi connectivity index (χ2n) is 2.61. The zero-order valence-corrected chi connectivity index (χ0v) is 8.71. The van der Waals surface area contributed by atoms with Crippen molar-refractivity contribution in [2.45, 2.75) is 4.90 Å². The van der Waals surface area contributed by atoms with Crippen LogP contribution in [0.4, 0.5) is 10.1 Å². The molecule has 0 saturated carbocycles. The van der Waals surface area contributed by atoms with Crippen molar-refractivity contribution in [2.75, 3.05) is 12.0 Å². The average molecular weight is 213 g/mol. The molecule has 1 aliphatic rings. The van der Waals surface area contributed by atoms with E-state index in [0.717, 1.165) is 21.4 Å². The van der Waals surface area contributed by atoms with Gasteiger partial charge < -0.3 is 0 Å². The van der Waals surface area contributed by atoms with E-state index >= 15 is 0 Å². The summed E-state index contributed by atoms with van der Waals surface area (Å²) in [6.07, 6.45) is 1.99. The van der Waals surface area contributed by atoms with Crippen molar-refractivity contribution in [3.05, 3.63) is 24.0 Å². The smallest absolute Gasteiger partial charge is 0.125 e. The first kappa shape index (κ1) is 9.09. The summed E-state index contributed by atoms with van der Waals surface area (Å²) in [6, 6.07) is 4.75. The fourth-order valence-electron chi connectivity index (χ4n) is 1.11. The molecule has 0 N–H and O–H groups in total. The van der Waals surface area contributed by atoms with E-state index in [-0.39, 0.29) is 5.82 Å². The highest BCUT2D eigenvalue weighted by Crippen LogP contribution is 2.35. The number of aliphatic imine (C=N–C) groups is 1. The standard InChI is InChI=1S/C9H8FNS2/c1-12-9-5-13-8-3-2-6(10)4-7(8)11-9/h2-4H,5H2,1H3. The monoisotopic (exact) mass is 213 g/mol. The molecule has 13 heavy (non-hydrogen) atoms. The first-order chi connectivity index (χ1) is 6.29. The highest BCUT2D eigenvalue weighted by Gasteiger charge is 2.11. The van der Waals surface area contributed by atoms with E-state index in [4.69, 9.17) is 0 Å². The molecule has 2 rings (SSSR count). The van der Waals surface area contributed by atoms with Gasteiger partial charge in [0.2, 0.25) is 0 Å². The summed E-state index contributed by atoms with van der Waals surface area (Å²) in [4.78, 5) is 5.41. The Balaban J connectivity index is 2.44. The van der Waals surface area contributed by atoms with Gasteiger partial charge in [-0.25, -0.2) is 9.38 Å². The molecule has 4 heteroatoms. The van der Waals surface area contributed by atoms with Crippen molar-refractivity contribution in [3.8, 4) is 0 Å². The lowest BCUT2D eigenvalue weighted by atomic mass is 10.3. The third-order valence-electron chi connectivity index (χ3n) is 1.75. The van der Waals surface area contributed by atoms with Crippen LogP contribution in [0.15, 0.2) is 28.1 Å². The Labute approximate surface area is 84.8 Å². The molecule has 0 atom stereocenters. The van der Waals surface area contributed by atoms with Crippen LogP contribution in [0.2, 0.25) is 0 Å². The second kappa shape index (κ2) is 3.72. The third kappa shape index (κ3) is 1.89. The van der Waals surface area contributed by atoms with E-state index in [1.165, 1.54) is 12.1 Å². The van der Waals surface area contributed by atoms with Gasteiger partial charge in [0, 0.05) is 16.7 Å². The van der Waals surface area contributed by atoms with Crippen molar-refractivity contribution >= 4 is 34.3 Å². The highest BCUT2D eigenvalue weighted by atomic mass is 32.2. The summed E-state index contributed by atoms with van der Waals surface area (Å²) >= 11 is 3.33. The van der Waals surface area contributed by atoms with Crippen molar-refractivity contribution < 1.29 is 4.39 Å². The molecule has 1 nitrogen and oxygen atoms in total. The van der Waals surface area contributed by atoms with Crippen LogP contribution >= 0.6 is 23.5 Å². The fourth-order valence-corrected chi connectivity index (χ4v) is 2.71. The minimum Gasteiger partial charge on any atom is -0.244 e. The van der Waals surface area contributed by atoms with Gasteiger partial charge in [0.15, 0.2) is 0 Å². The number of fused-ring (bicyclic) bond motifs is 1. The molecule has 0 amide bonds.